The number of nitrogens with one attached hydrogen (secondary N) is 1. The third kappa shape index (κ3) is 4.57. The molecule has 1 aromatic heterocycles. The quantitative estimate of drug-likeness (QED) is 0.879. The summed E-state index contributed by atoms with van der Waals surface area (Å²) < 4.78 is 1.71. The average Bonchev–Trinajstić information content (AvgIpc) is 2.67. The Kier molecular flexibility index (Phi) is 6.01. The number of hydrogen-bond donors (Lipinski definition) is 1. The molecule has 3 rings (SSSR count). The van der Waals surface area contributed by atoms with E-state index in [1.165, 1.54) is 5.56 Å². The predicted molar refractivity (Wildman–Crippen MR) is 103 cm³/mol. The monoisotopic (exact) mass is 338 g/mol. The van der Waals surface area contributed by atoms with Crippen LogP contribution in [0.25, 0.3) is 6.08 Å². The van der Waals surface area contributed by atoms with Crippen LogP contribution in [0.4, 0.5) is 5.82 Å². The molecule has 5 heteroatoms. The fraction of sp³-hybridized carbons (Fsp3) is 0.400. The number of aromatic nitrogens is 2. The Labute approximate surface area is 149 Å². The highest BCUT2D eigenvalue weighted by Gasteiger charge is 2.21. The lowest BCUT2D eigenvalue weighted by molar-refractivity contribution is 0.427. The van der Waals surface area contributed by atoms with Crippen LogP contribution in [0.5, 0.6) is 0 Å². The predicted octanol–water partition coefficient (Wildman–Crippen LogP) is 2.54. The number of piperidine rings is 1. The number of benzene rings is 1. The van der Waals surface area contributed by atoms with Gasteiger partial charge in [0.05, 0.1) is 0 Å². The van der Waals surface area contributed by atoms with E-state index in [4.69, 9.17) is 0 Å². The fourth-order valence-electron chi connectivity index (χ4n) is 3.19. The van der Waals surface area contributed by atoms with Crippen molar-refractivity contribution in [2.24, 2.45) is 0 Å². The van der Waals surface area contributed by atoms with Crippen molar-refractivity contribution in [2.45, 2.75) is 32.4 Å². The van der Waals surface area contributed by atoms with Crippen molar-refractivity contribution in [3.63, 3.8) is 0 Å². The Morgan fingerprint density at radius 1 is 1.24 bits per heavy atom. The van der Waals surface area contributed by atoms with Crippen LogP contribution in [-0.2, 0) is 6.54 Å². The molecule has 2 heterocycles. The lowest BCUT2D eigenvalue weighted by atomic mass is 10.1. The van der Waals surface area contributed by atoms with Crippen LogP contribution in [0, 0.1) is 0 Å². The molecular weight excluding hydrogens is 312 g/mol. The van der Waals surface area contributed by atoms with Gasteiger partial charge in [-0.1, -0.05) is 42.5 Å². The van der Waals surface area contributed by atoms with Crippen molar-refractivity contribution >= 4 is 11.9 Å². The highest BCUT2D eigenvalue weighted by Crippen LogP contribution is 2.14. The molecule has 1 aliphatic rings. The standard InChI is InChI=1S/C20H26N4O/c1-2-23-16-13-22-19(20(23)25)24-14-10-18(11-15-24)21-12-6-9-17-7-4-3-5-8-17/h3-9,13,16,18,21H,2,10-12,14-15H2,1H3/b9-6+. The van der Waals surface area contributed by atoms with Crippen molar-refractivity contribution in [1.29, 1.82) is 0 Å². The zero-order valence-electron chi connectivity index (χ0n) is 14.8. The molecule has 0 bridgehead atoms. The van der Waals surface area contributed by atoms with Crippen LogP contribution >= 0.6 is 0 Å². The molecule has 132 valence electrons. The van der Waals surface area contributed by atoms with Gasteiger partial charge < -0.3 is 14.8 Å². The lowest BCUT2D eigenvalue weighted by Gasteiger charge is -2.32. The molecule has 5 nitrogen and oxygen atoms in total. The Bertz CT molecular complexity index is 746. The number of nitrogens with zero attached hydrogens (tertiary/aromatic N) is 3. The SMILES string of the molecule is CCn1ccnc(N2CCC(NC/C=C/c3ccccc3)CC2)c1=O. The average molecular weight is 338 g/mol. The first-order chi connectivity index (χ1) is 12.3. The van der Waals surface area contributed by atoms with E-state index >= 15 is 0 Å². The van der Waals surface area contributed by atoms with Gasteiger partial charge in [0.25, 0.3) is 5.56 Å². The number of aryl methyl sites for hydroxylation is 1. The van der Waals surface area contributed by atoms with Crippen molar-refractivity contribution in [3.8, 4) is 0 Å². The first-order valence-corrected chi connectivity index (χ1v) is 9.03. The Morgan fingerprint density at radius 3 is 2.72 bits per heavy atom. The van der Waals surface area contributed by atoms with Crippen LogP contribution in [0.2, 0.25) is 0 Å². The third-order valence-corrected chi connectivity index (χ3v) is 4.67. The van der Waals surface area contributed by atoms with Crippen LogP contribution in [-0.4, -0.2) is 35.2 Å². The zero-order valence-corrected chi connectivity index (χ0v) is 14.8. The normalized spacial score (nSPS) is 15.8. The van der Waals surface area contributed by atoms with Gasteiger partial charge in [0, 0.05) is 44.6 Å². The maximum absolute atomic E-state index is 12.4. The van der Waals surface area contributed by atoms with Gasteiger partial charge >= 0.3 is 0 Å². The number of rotatable bonds is 6. The Balaban J connectivity index is 1.48. The summed E-state index contributed by atoms with van der Waals surface area (Å²) in [4.78, 5) is 18.8. The molecule has 0 atom stereocenters. The molecular formula is C20H26N4O. The molecule has 25 heavy (non-hydrogen) atoms. The van der Waals surface area contributed by atoms with Crippen molar-refractivity contribution in [1.82, 2.24) is 14.9 Å². The second-order valence-corrected chi connectivity index (χ2v) is 6.32. The van der Waals surface area contributed by atoms with E-state index in [-0.39, 0.29) is 5.56 Å². The van der Waals surface area contributed by atoms with Crippen molar-refractivity contribution < 1.29 is 0 Å². The first kappa shape index (κ1) is 17.4. The second-order valence-electron chi connectivity index (χ2n) is 6.32. The molecule has 1 saturated heterocycles. The Hall–Kier alpha value is -2.40. The minimum absolute atomic E-state index is 0.0159. The molecule has 0 aliphatic carbocycles. The molecule has 0 saturated carbocycles. The summed E-state index contributed by atoms with van der Waals surface area (Å²) in [5.74, 6) is 0.590. The number of anilines is 1. The van der Waals surface area contributed by atoms with Crippen molar-refractivity contribution in [3.05, 3.63) is 64.7 Å². The second kappa shape index (κ2) is 8.62. The smallest absolute Gasteiger partial charge is 0.293 e. The molecule has 1 fully saturated rings. The summed E-state index contributed by atoms with van der Waals surface area (Å²) in [5, 5.41) is 3.58. The van der Waals surface area contributed by atoms with Crippen LogP contribution in [0.15, 0.2) is 53.6 Å². The minimum atomic E-state index is 0.0159. The van der Waals surface area contributed by atoms with Crippen LogP contribution in [0.3, 0.4) is 0 Å². The van der Waals surface area contributed by atoms with Gasteiger partial charge in [0.15, 0.2) is 5.82 Å². The highest BCUT2D eigenvalue weighted by molar-refractivity contribution is 5.48. The highest BCUT2D eigenvalue weighted by atomic mass is 16.1. The van der Waals surface area contributed by atoms with Crippen molar-refractivity contribution in [2.75, 3.05) is 24.5 Å². The van der Waals surface area contributed by atoms with Gasteiger partial charge in [-0.2, -0.15) is 0 Å². The summed E-state index contributed by atoms with van der Waals surface area (Å²) in [6.45, 7) is 5.27. The topological polar surface area (TPSA) is 50.2 Å². The van der Waals surface area contributed by atoms with Gasteiger partial charge in [-0.25, -0.2) is 4.98 Å². The van der Waals surface area contributed by atoms with E-state index in [0.717, 1.165) is 32.5 Å². The van der Waals surface area contributed by atoms with E-state index < -0.39 is 0 Å². The maximum atomic E-state index is 12.4. The molecule has 0 unspecified atom stereocenters. The molecule has 1 N–H and O–H groups in total. The molecule has 1 aromatic carbocycles. The third-order valence-electron chi connectivity index (χ3n) is 4.67. The Morgan fingerprint density at radius 2 is 2.00 bits per heavy atom. The zero-order chi connectivity index (χ0) is 17.5. The number of hydrogen-bond acceptors (Lipinski definition) is 4. The summed E-state index contributed by atoms with van der Waals surface area (Å²) in [7, 11) is 0. The van der Waals surface area contributed by atoms with Gasteiger partial charge in [0.2, 0.25) is 0 Å². The largest absolute Gasteiger partial charge is 0.352 e. The van der Waals surface area contributed by atoms with Gasteiger partial charge in [-0.05, 0) is 25.3 Å². The van der Waals surface area contributed by atoms with Crippen LogP contribution < -0.4 is 15.8 Å². The summed E-state index contributed by atoms with van der Waals surface area (Å²) in [6, 6.07) is 10.8. The van der Waals surface area contributed by atoms with Gasteiger partial charge in [-0.15, -0.1) is 0 Å². The molecule has 1 aliphatic heterocycles. The molecule has 0 radical (unpaired) electrons. The molecule has 0 amide bonds. The van der Waals surface area contributed by atoms with Gasteiger partial charge in [-0.3, -0.25) is 4.79 Å². The molecule has 2 aromatic rings. The van der Waals surface area contributed by atoms with E-state index in [1.54, 1.807) is 17.0 Å². The lowest BCUT2D eigenvalue weighted by Crippen LogP contribution is -2.45. The summed E-state index contributed by atoms with van der Waals surface area (Å²) in [5.41, 5.74) is 1.24. The maximum Gasteiger partial charge on any atom is 0.293 e. The summed E-state index contributed by atoms with van der Waals surface area (Å²) >= 11 is 0. The van der Waals surface area contributed by atoms with E-state index in [0.29, 0.717) is 18.4 Å². The molecule has 0 spiro atoms. The first-order valence-electron chi connectivity index (χ1n) is 9.03. The minimum Gasteiger partial charge on any atom is -0.352 e. The van der Waals surface area contributed by atoms with E-state index in [1.807, 2.05) is 25.1 Å². The summed E-state index contributed by atoms with van der Waals surface area (Å²) in [6.07, 6.45) is 9.84. The van der Waals surface area contributed by atoms with E-state index in [9.17, 15) is 4.79 Å². The van der Waals surface area contributed by atoms with Gasteiger partial charge in [0.1, 0.15) is 0 Å². The fourth-order valence-corrected chi connectivity index (χ4v) is 3.19. The van der Waals surface area contributed by atoms with Crippen LogP contribution in [0.1, 0.15) is 25.3 Å². The van der Waals surface area contributed by atoms with E-state index in [2.05, 4.69) is 39.5 Å².